The Bertz CT molecular complexity index is 596. The molecule has 1 heterocycles. The average Bonchev–Trinajstić information content (AvgIpc) is 2.84. The lowest BCUT2D eigenvalue weighted by Gasteiger charge is -2.19. The molecular formula is C15H22N2O3S. The van der Waals surface area contributed by atoms with Gasteiger partial charge in [0.15, 0.2) is 5.78 Å². The highest BCUT2D eigenvalue weighted by Crippen LogP contribution is 2.17. The van der Waals surface area contributed by atoms with E-state index in [0.29, 0.717) is 18.2 Å². The Morgan fingerprint density at radius 1 is 1.33 bits per heavy atom. The third-order valence-corrected chi connectivity index (χ3v) is 5.49. The van der Waals surface area contributed by atoms with Crippen molar-refractivity contribution in [2.45, 2.75) is 37.1 Å². The van der Waals surface area contributed by atoms with Crippen molar-refractivity contribution in [3.63, 3.8) is 0 Å². The number of nitrogens with zero attached hydrogens (tertiary/aromatic N) is 1. The van der Waals surface area contributed by atoms with Crippen molar-refractivity contribution in [2.24, 2.45) is 0 Å². The average molecular weight is 310 g/mol. The minimum atomic E-state index is -3.49. The van der Waals surface area contributed by atoms with Gasteiger partial charge in [-0.25, -0.2) is 13.1 Å². The Hall–Kier alpha value is -1.24. The molecular weight excluding hydrogens is 288 g/mol. The van der Waals surface area contributed by atoms with E-state index in [1.165, 1.54) is 25.5 Å². The first-order chi connectivity index (χ1) is 9.90. The van der Waals surface area contributed by atoms with Crippen LogP contribution in [0.4, 0.5) is 0 Å². The highest BCUT2D eigenvalue weighted by molar-refractivity contribution is 7.89. The second kappa shape index (κ2) is 6.68. The van der Waals surface area contributed by atoms with Crippen LogP contribution in [0.2, 0.25) is 0 Å². The molecule has 1 fully saturated rings. The molecule has 5 nitrogen and oxygen atoms in total. The summed E-state index contributed by atoms with van der Waals surface area (Å²) in [5, 5.41) is 0. The van der Waals surface area contributed by atoms with E-state index in [4.69, 9.17) is 0 Å². The van der Waals surface area contributed by atoms with Gasteiger partial charge in [-0.3, -0.25) is 4.79 Å². The van der Waals surface area contributed by atoms with Gasteiger partial charge in [-0.2, -0.15) is 0 Å². The third-order valence-electron chi connectivity index (χ3n) is 4.01. The van der Waals surface area contributed by atoms with Gasteiger partial charge in [-0.05, 0) is 51.9 Å². The first-order valence-corrected chi connectivity index (χ1v) is 8.69. The maximum absolute atomic E-state index is 12.2. The van der Waals surface area contributed by atoms with E-state index in [9.17, 15) is 13.2 Å². The van der Waals surface area contributed by atoms with Gasteiger partial charge < -0.3 is 4.90 Å². The minimum Gasteiger partial charge on any atom is -0.303 e. The molecule has 0 aromatic heterocycles. The van der Waals surface area contributed by atoms with Crippen LogP contribution in [0.15, 0.2) is 29.2 Å². The predicted molar refractivity (Wildman–Crippen MR) is 81.9 cm³/mol. The van der Waals surface area contributed by atoms with Crippen LogP contribution < -0.4 is 4.72 Å². The van der Waals surface area contributed by atoms with Crippen molar-refractivity contribution in [3.05, 3.63) is 29.8 Å². The Labute approximate surface area is 126 Å². The molecule has 1 aliphatic rings. The van der Waals surface area contributed by atoms with Gasteiger partial charge in [0.1, 0.15) is 0 Å². The fraction of sp³-hybridized carbons (Fsp3) is 0.533. The number of likely N-dealkylation sites (tertiary alicyclic amines) is 1. The molecule has 1 aliphatic heterocycles. The number of sulfonamides is 1. The lowest BCUT2D eigenvalue weighted by atomic mass is 10.1. The van der Waals surface area contributed by atoms with E-state index in [2.05, 4.69) is 16.7 Å². The van der Waals surface area contributed by atoms with Gasteiger partial charge in [0.2, 0.25) is 10.0 Å². The smallest absolute Gasteiger partial charge is 0.240 e. The van der Waals surface area contributed by atoms with Gasteiger partial charge in [0.05, 0.1) is 4.90 Å². The third kappa shape index (κ3) is 4.12. The van der Waals surface area contributed by atoms with Gasteiger partial charge in [-0.15, -0.1) is 0 Å². The lowest BCUT2D eigenvalue weighted by molar-refractivity contribution is 0.101. The fourth-order valence-electron chi connectivity index (χ4n) is 2.66. The predicted octanol–water partition coefficient (Wildman–Crippen LogP) is 1.65. The topological polar surface area (TPSA) is 66.5 Å². The summed E-state index contributed by atoms with van der Waals surface area (Å²) >= 11 is 0. The summed E-state index contributed by atoms with van der Waals surface area (Å²) in [6.07, 6.45) is 3.13. The van der Waals surface area contributed by atoms with Crippen LogP contribution in [-0.4, -0.2) is 45.3 Å². The summed E-state index contributed by atoms with van der Waals surface area (Å²) in [7, 11) is -1.42. The van der Waals surface area contributed by atoms with E-state index in [1.54, 1.807) is 12.1 Å². The Kier molecular flexibility index (Phi) is 5.13. The normalized spacial score (nSPS) is 19.8. The maximum Gasteiger partial charge on any atom is 0.240 e. The van der Waals surface area contributed by atoms with Crippen molar-refractivity contribution in [1.29, 1.82) is 0 Å². The van der Waals surface area contributed by atoms with Crippen LogP contribution in [0, 0.1) is 0 Å². The molecule has 2 rings (SSSR count). The summed E-state index contributed by atoms with van der Waals surface area (Å²) in [6, 6.07) is 6.50. The Morgan fingerprint density at radius 2 is 2.00 bits per heavy atom. The van der Waals surface area contributed by atoms with Crippen molar-refractivity contribution < 1.29 is 13.2 Å². The molecule has 1 N–H and O–H groups in total. The van der Waals surface area contributed by atoms with Crippen molar-refractivity contribution in [2.75, 3.05) is 20.1 Å². The molecule has 0 aliphatic carbocycles. The number of nitrogens with one attached hydrogen (secondary N) is 1. The van der Waals surface area contributed by atoms with E-state index >= 15 is 0 Å². The zero-order chi connectivity index (χ0) is 15.5. The van der Waals surface area contributed by atoms with Crippen LogP contribution in [-0.2, 0) is 10.0 Å². The molecule has 1 unspecified atom stereocenters. The monoisotopic (exact) mass is 310 g/mol. The van der Waals surface area contributed by atoms with Crippen molar-refractivity contribution >= 4 is 15.8 Å². The zero-order valence-corrected chi connectivity index (χ0v) is 13.3. The second-order valence-corrected chi connectivity index (χ2v) is 7.31. The fourth-order valence-corrected chi connectivity index (χ4v) is 3.70. The molecule has 6 heteroatoms. The first-order valence-electron chi connectivity index (χ1n) is 7.21. The molecule has 0 saturated carbocycles. The van der Waals surface area contributed by atoms with Crippen molar-refractivity contribution in [3.8, 4) is 0 Å². The largest absolute Gasteiger partial charge is 0.303 e. The molecule has 0 amide bonds. The van der Waals surface area contributed by atoms with E-state index in [1.807, 2.05) is 0 Å². The molecule has 1 saturated heterocycles. The summed E-state index contributed by atoms with van der Waals surface area (Å²) < 4.78 is 27.0. The molecule has 21 heavy (non-hydrogen) atoms. The summed E-state index contributed by atoms with van der Waals surface area (Å²) in [5.41, 5.74) is 0.515. The second-order valence-electron chi connectivity index (χ2n) is 5.54. The lowest BCUT2D eigenvalue weighted by Crippen LogP contribution is -2.31. The quantitative estimate of drug-likeness (QED) is 0.811. The standard InChI is InChI=1S/C15H22N2O3S/c1-12(18)13-5-7-15(8-6-13)21(19,20)16-10-9-14-4-3-11-17(14)2/h5-8,14,16H,3-4,9-11H2,1-2H3. The van der Waals surface area contributed by atoms with Crippen LogP contribution in [0.3, 0.4) is 0 Å². The molecule has 0 radical (unpaired) electrons. The Balaban J connectivity index is 1.93. The SMILES string of the molecule is CC(=O)c1ccc(S(=O)(=O)NCCC2CCCN2C)cc1. The van der Waals surface area contributed by atoms with Crippen LogP contribution in [0.1, 0.15) is 36.5 Å². The number of Topliss-reactive ketones (excluding diaryl/α,β-unsaturated/α-hetero) is 1. The maximum atomic E-state index is 12.2. The Morgan fingerprint density at radius 3 is 2.52 bits per heavy atom. The van der Waals surface area contributed by atoms with Crippen LogP contribution in [0.5, 0.6) is 0 Å². The van der Waals surface area contributed by atoms with Gasteiger partial charge >= 0.3 is 0 Å². The number of benzene rings is 1. The highest BCUT2D eigenvalue weighted by atomic mass is 32.2. The number of hydrogen-bond acceptors (Lipinski definition) is 4. The number of hydrogen-bond donors (Lipinski definition) is 1. The zero-order valence-electron chi connectivity index (χ0n) is 12.5. The van der Waals surface area contributed by atoms with E-state index < -0.39 is 10.0 Å². The molecule has 116 valence electrons. The van der Waals surface area contributed by atoms with Crippen LogP contribution >= 0.6 is 0 Å². The molecule has 1 aromatic rings. The van der Waals surface area contributed by atoms with Crippen LogP contribution in [0.25, 0.3) is 0 Å². The van der Waals surface area contributed by atoms with Crippen molar-refractivity contribution in [1.82, 2.24) is 9.62 Å². The van der Waals surface area contributed by atoms with E-state index in [0.717, 1.165) is 19.4 Å². The van der Waals surface area contributed by atoms with E-state index in [-0.39, 0.29) is 10.7 Å². The van der Waals surface area contributed by atoms with Gasteiger partial charge in [0.25, 0.3) is 0 Å². The first kappa shape index (κ1) is 16.1. The summed E-state index contributed by atoms with van der Waals surface area (Å²) in [4.78, 5) is 13.7. The minimum absolute atomic E-state index is 0.0730. The number of rotatable bonds is 6. The summed E-state index contributed by atoms with van der Waals surface area (Å²) in [5.74, 6) is -0.0730. The number of carbonyl (C=O) groups is 1. The number of carbonyl (C=O) groups excluding carboxylic acids is 1. The number of ketones is 1. The summed E-state index contributed by atoms with van der Waals surface area (Å²) in [6.45, 7) is 2.98. The van der Waals surface area contributed by atoms with Gasteiger partial charge in [0, 0.05) is 18.2 Å². The molecule has 1 aromatic carbocycles. The molecule has 0 spiro atoms. The highest BCUT2D eigenvalue weighted by Gasteiger charge is 2.21. The molecule has 1 atom stereocenters. The molecule has 0 bridgehead atoms. The van der Waals surface area contributed by atoms with Gasteiger partial charge in [-0.1, -0.05) is 12.1 Å².